The van der Waals surface area contributed by atoms with Crippen molar-refractivity contribution < 1.29 is 4.79 Å². The molecule has 3 nitrogen and oxygen atoms in total. The lowest BCUT2D eigenvalue weighted by Crippen LogP contribution is -2.39. The Balaban J connectivity index is 2.61. The van der Waals surface area contributed by atoms with Crippen molar-refractivity contribution in [3.63, 3.8) is 0 Å². The lowest BCUT2D eigenvalue weighted by Gasteiger charge is -2.20. The summed E-state index contributed by atoms with van der Waals surface area (Å²) in [7, 11) is 0. The van der Waals surface area contributed by atoms with E-state index in [-0.39, 0.29) is 11.9 Å². The summed E-state index contributed by atoms with van der Waals surface area (Å²) >= 11 is 3.41. The first-order chi connectivity index (χ1) is 7.78. The number of hydrogen-bond acceptors (Lipinski definition) is 2. The summed E-state index contributed by atoms with van der Waals surface area (Å²) in [5.74, 6) is -0.0232. The second kappa shape index (κ2) is 5.65. The van der Waals surface area contributed by atoms with Crippen LogP contribution in [0.5, 0.6) is 0 Å². The molecule has 0 fully saturated rings. The first-order valence-corrected chi connectivity index (χ1v) is 6.41. The summed E-state index contributed by atoms with van der Waals surface area (Å²) in [5, 5.41) is 2.94. The zero-order valence-corrected chi connectivity index (χ0v) is 12.0. The lowest BCUT2D eigenvalue weighted by molar-refractivity contribution is -0.122. The molecule has 0 aliphatic rings. The second-order valence-electron chi connectivity index (χ2n) is 5.01. The molecule has 1 rings (SSSR count). The van der Waals surface area contributed by atoms with Gasteiger partial charge in [-0.1, -0.05) is 28.1 Å². The third-order valence-electron chi connectivity index (χ3n) is 2.34. The molecule has 1 aromatic rings. The predicted molar refractivity (Wildman–Crippen MR) is 73.6 cm³/mol. The summed E-state index contributed by atoms with van der Waals surface area (Å²) in [4.78, 5) is 11.7. The van der Waals surface area contributed by atoms with Gasteiger partial charge in [-0.05, 0) is 38.5 Å². The summed E-state index contributed by atoms with van der Waals surface area (Å²) in [6.07, 6.45) is 0.325. The van der Waals surface area contributed by atoms with Crippen LogP contribution in [0.15, 0.2) is 28.7 Å². The van der Waals surface area contributed by atoms with Crippen molar-refractivity contribution in [2.75, 3.05) is 0 Å². The van der Waals surface area contributed by atoms with Crippen molar-refractivity contribution in [2.24, 2.45) is 5.73 Å². The Morgan fingerprint density at radius 2 is 2.18 bits per heavy atom. The van der Waals surface area contributed by atoms with Gasteiger partial charge in [0.1, 0.15) is 0 Å². The maximum atomic E-state index is 11.7. The van der Waals surface area contributed by atoms with Gasteiger partial charge in [0.25, 0.3) is 0 Å². The predicted octanol–water partition coefficient (Wildman–Crippen LogP) is 2.75. The Labute approximate surface area is 111 Å². The van der Waals surface area contributed by atoms with Gasteiger partial charge in [0.15, 0.2) is 0 Å². The largest absolute Gasteiger partial charge is 0.350 e. The van der Waals surface area contributed by atoms with E-state index < -0.39 is 5.54 Å². The second-order valence-corrected chi connectivity index (χ2v) is 5.93. The van der Waals surface area contributed by atoms with Crippen LogP contribution in [0.3, 0.4) is 0 Å². The van der Waals surface area contributed by atoms with Crippen LogP contribution in [0.1, 0.15) is 38.8 Å². The van der Waals surface area contributed by atoms with E-state index in [1.54, 1.807) is 0 Å². The molecule has 17 heavy (non-hydrogen) atoms. The summed E-state index contributed by atoms with van der Waals surface area (Å²) in [6.45, 7) is 5.65. The SMILES string of the molecule is C[C@@H](NC(=O)CC(C)(C)N)c1cccc(Br)c1. The maximum absolute atomic E-state index is 11.7. The zero-order chi connectivity index (χ0) is 13.1. The first-order valence-electron chi connectivity index (χ1n) is 5.61. The summed E-state index contributed by atoms with van der Waals surface area (Å²) in [6, 6.07) is 7.89. The van der Waals surface area contributed by atoms with Gasteiger partial charge in [-0.15, -0.1) is 0 Å². The molecule has 0 saturated carbocycles. The van der Waals surface area contributed by atoms with E-state index in [9.17, 15) is 4.79 Å². The van der Waals surface area contributed by atoms with Crippen molar-refractivity contribution in [2.45, 2.75) is 38.8 Å². The fraction of sp³-hybridized carbons (Fsp3) is 0.462. The molecular formula is C13H19BrN2O. The molecular weight excluding hydrogens is 280 g/mol. The molecule has 3 N–H and O–H groups in total. The first kappa shape index (κ1) is 14.2. The van der Waals surface area contributed by atoms with E-state index in [0.29, 0.717) is 6.42 Å². The minimum atomic E-state index is -0.471. The molecule has 0 unspecified atom stereocenters. The van der Waals surface area contributed by atoms with Crippen molar-refractivity contribution in [1.29, 1.82) is 0 Å². The van der Waals surface area contributed by atoms with Crippen LogP contribution in [0.4, 0.5) is 0 Å². The van der Waals surface area contributed by atoms with Crippen LogP contribution in [0.2, 0.25) is 0 Å². The number of carbonyl (C=O) groups excluding carboxylic acids is 1. The van der Waals surface area contributed by atoms with Gasteiger partial charge in [0.2, 0.25) is 5.91 Å². The highest BCUT2D eigenvalue weighted by molar-refractivity contribution is 9.10. The third kappa shape index (κ3) is 5.33. The van der Waals surface area contributed by atoms with Gasteiger partial charge in [-0.25, -0.2) is 0 Å². The fourth-order valence-corrected chi connectivity index (χ4v) is 1.98. The van der Waals surface area contributed by atoms with Crippen molar-refractivity contribution in [1.82, 2.24) is 5.32 Å². The summed E-state index contributed by atoms with van der Waals surface area (Å²) < 4.78 is 1.01. The van der Waals surface area contributed by atoms with Crippen LogP contribution >= 0.6 is 15.9 Å². The lowest BCUT2D eigenvalue weighted by atomic mass is 10.0. The van der Waals surface area contributed by atoms with E-state index in [1.807, 2.05) is 45.0 Å². The Morgan fingerprint density at radius 3 is 2.71 bits per heavy atom. The van der Waals surface area contributed by atoms with E-state index in [4.69, 9.17) is 5.73 Å². The number of hydrogen-bond donors (Lipinski definition) is 2. The van der Waals surface area contributed by atoms with Crippen LogP contribution in [-0.4, -0.2) is 11.4 Å². The smallest absolute Gasteiger partial charge is 0.222 e. The minimum absolute atomic E-state index is 0.0117. The van der Waals surface area contributed by atoms with E-state index >= 15 is 0 Å². The normalized spacial score (nSPS) is 13.2. The molecule has 0 heterocycles. The molecule has 1 atom stereocenters. The maximum Gasteiger partial charge on any atom is 0.222 e. The zero-order valence-electron chi connectivity index (χ0n) is 10.5. The molecule has 0 bridgehead atoms. The number of halogens is 1. The molecule has 0 radical (unpaired) electrons. The van der Waals surface area contributed by atoms with Gasteiger partial charge >= 0.3 is 0 Å². The average molecular weight is 299 g/mol. The standard InChI is InChI=1S/C13H19BrN2O/c1-9(10-5-4-6-11(14)7-10)16-12(17)8-13(2,3)15/h4-7,9H,8,15H2,1-3H3,(H,16,17)/t9-/m1/s1. The van der Waals surface area contributed by atoms with Gasteiger partial charge in [0, 0.05) is 16.4 Å². The van der Waals surface area contributed by atoms with Crippen molar-refractivity contribution in [3.8, 4) is 0 Å². The molecule has 1 aromatic carbocycles. The topological polar surface area (TPSA) is 55.1 Å². The van der Waals surface area contributed by atoms with E-state index in [2.05, 4.69) is 21.2 Å². The number of benzene rings is 1. The number of rotatable bonds is 4. The third-order valence-corrected chi connectivity index (χ3v) is 2.84. The number of nitrogens with one attached hydrogen (secondary N) is 1. The van der Waals surface area contributed by atoms with Gasteiger partial charge in [-0.3, -0.25) is 4.79 Å². The Morgan fingerprint density at radius 1 is 1.53 bits per heavy atom. The molecule has 0 saturated heterocycles. The van der Waals surface area contributed by atoms with Crippen molar-refractivity contribution in [3.05, 3.63) is 34.3 Å². The monoisotopic (exact) mass is 298 g/mol. The van der Waals surface area contributed by atoms with Gasteiger partial charge in [-0.2, -0.15) is 0 Å². The van der Waals surface area contributed by atoms with Gasteiger partial charge < -0.3 is 11.1 Å². The highest BCUT2D eigenvalue weighted by atomic mass is 79.9. The highest BCUT2D eigenvalue weighted by Crippen LogP contribution is 2.18. The molecule has 0 aliphatic heterocycles. The van der Waals surface area contributed by atoms with Crippen LogP contribution < -0.4 is 11.1 Å². The molecule has 1 amide bonds. The molecule has 0 aromatic heterocycles. The Kier molecular flexibility index (Phi) is 4.71. The van der Waals surface area contributed by atoms with Gasteiger partial charge in [0.05, 0.1) is 6.04 Å². The Hall–Kier alpha value is -0.870. The number of carbonyl (C=O) groups is 1. The van der Waals surface area contributed by atoms with Crippen LogP contribution in [0.25, 0.3) is 0 Å². The van der Waals surface area contributed by atoms with Crippen LogP contribution in [0, 0.1) is 0 Å². The number of nitrogens with two attached hydrogens (primary N) is 1. The molecule has 4 heteroatoms. The number of amides is 1. The Bertz CT molecular complexity index is 399. The van der Waals surface area contributed by atoms with E-state index in [1.165, 1.54) is 0 Å². The fourth-order valence-electron chi connectivity index (χ4n) is 1.57. The summed E-state index contributed by atoms with van der Waals surface area (Å²) in [5.41, 5.74) is 6.41. The minimum Gasteiger partial charge on any atom is -0.350 e. The molecule has 0 aliphatic carbocycles. The quantitative estimate of drug-likeness (QED) is 0.898. The van der Waals surface area contributed by atoms with Crippen LogP contribution in [-0.2, 0) is 4.79 Å². The molecule has 0 spiro atoms. The highest BCUT2D eigenvalue weighted by Gasteiger charge is 2.18. The van der Waals surface area contributed by atoms with E-state index in [0.717, 1.165) is 10.0 Å². The molecule has 94 valence electrons. The average Bonchev–Trinajstić information content (AvgIpc) is 2.14. The van der Waals surface area contributed by atoms with Crippen molar-refractivity contribution >= 4 is 21.8 Å².